The molecule has 2 aliphatic heterocycles. The number of hydrogen-bond acceptors (Lipinski definition) is 4. The molecule has 1 aliphatic carbocycles. The van der Waals surface area contributed by atoms with E-state index in [1.807, 2.05) is 24.3 Å². The molecule has 0 aromatic heterocycles. The van der Waals surface area contributed by atoms with E-state index in [4.69, 9.17) is 9.73 Å². The Balaban J connectivity index is 0.00000272. The van der Waals surface area contributed by atoms with Gasteiger partial charge in [0.15, 0.2) is 5.96 Å². The predicted molar refractivity (Wildman–Crippen MR) is 134 cm³/mol. The van der Waals surface area contributed by atoms with E-state index in [0.29, 0.717) is 38.3 Å². The molecule has 7 nitrogen and oxygen atoms in total. The van der Waals surface area contributed by atoms with Crippen molar-refractivity contribution in [2.45, 2.75) is 44.9 Å². The highest BCUT2D eigenvalue weighted by molar-refractivity contribution is 14.0. The van der Waals surface area contributed by atoms with Gasteiger partial charge in [-0.1, -0.05) is 30.7 Å². The topological polar surface area (TPSA) is 74.2 Å². The van der Waals surface area contributed by atoms with Gasteiger partial charge in [-0.25, -0.2) is 13.4 Å². The normalized spacial score (nSPS) is 21.6. The maximum absolute atomic E-state index is 12.9. The summed E-state index contributed by atoms with van der Waals surface area (Å²) >= 11 is 0. The van der Waals surface area contributed by atoms with Gasteiger partial charge in [-0.15, -0.1) is 24.0 Å². The Hall–Kier alpha value is -0.910. The lowest BCUT2D eigenvalue weighted by Crippen LogP contribution is -2.42. The Kier molecular flexibility index (Phi) is 8.62. The van der Waals surface area contributed by atoms with E-state index in [0.717, 1.165) is 36.7 Å². The molecule has 0 radical (unpaired) electrons. The van der Waals surface area contributed by atoms with Crippen molar-refractivity contribution < 1.29 is 13.2 Å². The van der Waals surface area contributed by atoms with Crippen LogP contribution in [0.15, 0.2) is 29.3 Å². The van der Waals surface area contributed by atoms with E-state index >= 15 is 0 Å². The van der Waals surface area contributed by atoms with Crippen molar-refractivity contribution in [2.75, 3.05) is 45.9 Å². The Labute approximate surface area is 203 Å². The molecule has 1 aromatic carbocycles. The minimum Gasteiger partial charge on any atom is -0.379 e. The Morgan fingerprint density at radius 2 is 1.84 bits per heavy atom. The molecular weight excluding hydrogens is 527 g/mol. The number of hydrogen-bond donors (Lipinski definition) is 1. The summed E-state index contributed by atoms with van der Waals surface area (Å²) in [6, 6.07) is 7.77. The molecule has 3 fully saturated rings. The summed E-state index contributed by atoms with van der Waals surface area (Å²) in [7, 11) is -3.36. The average Bonchev–Trinajstić information content (AvgIpc) is 3.19. The average molecular weight is 563 g/mol. The first-order chi connectivity index (χ1) is 14.5. The maximum atomic E-state index is 12.9. The lowest BCUT2D eigenvalue weighted by Gasteiger charge is -2.38. The molecule has 4 rings (SSSR count). The summed E-state index contributed by atoms with van der Waals surface area (Å²) in [5.41, 5.74) is 2.32. The summed E-state index contributed by atoms with van der Waals surface area (Å²) in [5.74, 6) is 0.967. The van der Waals surface area contributed by atoms with E-state index < -0.39 is 10.0 Å². The third-order valence-corrected chi connectivity index (χ3v) is 8.53. The van der Waals surface area contributed by atoms with E-state index in [1.54, 1.807) is 4.31 Å². The molecule has 3 aliphatic rings. The van der Waals surface area contributed by atoms with Crippen molar-refractivity contribution in [2.24, 2.45) is 10.4 Å². The monoisotopic (exact) mass is 562 g/mol. The highest BCUT2D eigenvalue weighted by Gasteiger charge is 2.43. The van der Waals surface area contributed by atoms with Gasteiger partial charge in [-0.3, -0.25) is 0 Å². The second-order valence-corrected chi connectivity index (χ2v) is 10.7. The second kappa shape index (κ2) is 10.8. The molecule has 9 heteroatoms. The molecule has 31 heavy (non-hydrogen) atoms. The van der Waals surface area contributed by atoms with Gasteiger partial charge in [0.1, 0.15) is 0 Å². The zero-order valence-electron chi connectivity index (χ0n) is 18.4. The number of guanidine groups is 1. The van der Waals surface area contributed by atoms with Crippen molar-refractivity contribution in [3.8, 4) is 0 Å². The van der Waals surface area contributed by atoms with Gasteiger partial charge in [0.05, 0.1) is 25.5 Å². The van der Waals surface area contributed by atoms with Crippen LogP contribution in [0.25, 0.3) is 0 Å². The molecule has 1 spiro atoms. The molecule has 174 valence electrons. The predicted octanol–water partition coefficient (Wildman–Crippen LogP) is 2.81. The number of nitrogens with zero attached hydrogens (tertiary/aromatic N) is 3. The van der Waals surface area contributed by atoms with Crippen LogP contribution in [0.3, 0.4) is 0 Å². The van der Waals surface area contributed by atoms with Crippen LogP contribution in [0.5, 0.6) is 0 Å². The smallest absolute Gasteiger partial charge is 0.218 e. The van der Waals surface area contributed by atoms with Crippen LogP contribution in [0.4, 0.5) is 0 Å². The first-order valence-corrected chi connectivity index (χ1v) is 12.8. The fraction of sp³-hybridized carbons (Fsp3) is 0.682. The largest absolute Gasteiger partial charge is 0.379 e. The molecular formula is C22H35IN4O3S. The molecule has 2 heterocycles. The summed E-state index contributed by atoms with van der Waals surface area (Å²) in [6.45, 7) is 7.35. The highest BCUT2D eigenvalue weighted by Crippen LogP contribution is 2.47. The molecule has 1 saturated carbocycles. The van der Waals surface area contributed by atoms with Crippen molar-refractivity contribution >= 4 is 40.0 Å². The van der Waals surface area contributed by atoms with Crippen LogP contribution in [0.2, 0.25) is 0 Å². The lowest BCUT2D eigenvalue weighted by molar-refractivity contribution is 0.0729. The zero-order valence-corrected chi connectivity index (χ0v) is 21.5. The quantitative estimate of drug-likeness (QED) is 0.328. The van der Waals surface area contributed by atoms with Crippen LogP contribution < -0.4 is 5.32 Å². The number of rotatable bonds is 6. The Morgan fingerprint density at radius 1 is 1.13 bits per heavy atom. The van der Waals surface area contributed by atoms with Crippen LogP contribution in [0.1, 0.15) is 43.7 Å². The summed E-state index contributed by atoms with van der Waals surface area (Å²) < 4.78 is 32.6. The maximum Gasteiger partial charge on any atom is 0.218 e. The van der Waals surface area contributed by atoms with Crippen LogP contribution in [0, 0.1) is 5.41 Å². The molecule has 0 amide bonds. The van der Waals surface area contributed by atoms with Crippen molar-refractivity contribution in [3.05, 3.63) is 35.4 Å². The fourth-order valence-electron chi connectivity index (χ4n) is 4.75. The summed E-state index contributed by atoms with van der Waals surface area (Å²) in [6.07, 6.45) is 5.29. The second-order valence-electron chi connectivity index (χ2n) is 8.73. The van der Waals surface area contributed by atoms with Crippen LogP contribution in [-0.4, -0.2) is 69.5 Å². The van der Waals surface area contributed by atoms with E-state index in [1.165, 1.54) is 25.7 Å². The zero-order chi connectivity index (χ0) is 21.0. The number of benzene rings is 1. The number of morpholine rings is 1. The lowest BCUT2D eigenvalue weighted by atomic mass is 9.68. The van der Waals surface area contributed by atoms with Gasteiger partial charge in [0.25, 0.3) is 0 Å². The van der Waals surface area contributed by atoms with Gasteiger partial charge in [-0.2, -0.15) is 4.31 Å². The van der Waals surface area contributed by atoms with Gasteiger partial charge < -0.3 is 15.0 Å². The standard InChI is InChI=1S/C22H34N4O3S.HI/c1-2-23-21(25-11-10-22(18-25)8-5-9-22)24-16-19-6-3-4-7-20(19)17-30(27,28)26-12-14-29-15-13-26;/h3-4,6-7H,2,5,8-18H2,1H3,(H,23,24);1H. The fourth-order valence-corrected chi connectivity index (χ4v) is 6.31. The molecule has 0 bridgehead atoms. The van der Waals surface area contributed by atoms with Gasteiger partial charge >= 0.3 is 0 Å². The van der Waals surface area contributed by atoms with Gasteiger partial charge in [-0.05, 0) is 42.7 Å². The first kappa shape index (κ1) is 24.7. The molecule has 1 N–H and O–H groups in total. The first-order valence-electron chi connectivity index (χ1n) is 11.2. The summed E-state index contributed by atoms with van der Waals surface area (Å²) in [5, 5.41) is 3.44. The van der Waals surface area contributed by atoms with Crippen molar-refractivity contribution in [1.29, 1.82) is 0 Å². The van der Waals surface area contributed by atoms with E-state index in [9.17, 15) is 8.42 Å². The van der Waals surface area contributed by atoms with Gasteiger partial charge in [0, 0.05) is 32.7 Å². The SMILES string of the molecule is CCNC(=NCc1ccccc1CS(=O)(=O)N1CCOCC1)N1CCC2(CCC2)C1.I. The van der Waals surface area contributed by atoms with Crippen molar-refractivity contribution in [1.82, 2.24) is 14.5 Å². The Morgan fingerprint density at radius 3 is 2.45 bits per heavy atom. The number of ether oxygens (including phenoxy) is 1. The number of nitrogens with one attached hydrogen (secondary N) is 1. The third-order valence-electron chi connectivity index (χ3n) is 6.71. The number of halogens is 1. The molecule has 2 saturated heterocycles. The number of aliphatic imine (C=N–C) groups is 1. The minimum absolute atomic E-state index is 0. The van der Waals surface area contributed by atoms with E-state index in [-0.39, 0.29) is 29.7 Å². The molecule has 0 unspecified atom stereocenters. The highest BCUT2D eigenvalue weighted by atomic mass is 127. The van der Waals surface area contributed by atoms with Crippen molar-refractivity contribution in [3.63, 3.8) is 0 Å². The van der Waals surface area contributed by atoms with Crippen LogP contribution >= 0.6 is 24.0 Å². The Bertz CT molecular complexity index is 867. The summed E-state index contributed by atoms with van der Waals surface area (Å²) in [4.78, 5) is 7.28. The number of sulfonamides is 1. The number of likely N-dealkylation sites (tertiary alicyclic amines) is 1. The molecule has 1 aromatic rings. The van der Waals surface area contributed by atoms with Crippen LogP contribution in [-0.2, 0) is 27.1 Å². The van der Waals surface area contributed by atoms with Gasteiger partial charge in [0.2, 0.25) is 10.0 Å². The van der Waals surface area contributed by atoms with E-state index in [2.05, 4.69) is 17.1 Å². The molecule has 0 atom stereocenters. The minimum atomic E-state index is -3.36. The third kappa shape index (κ3) is 5.91.